The van der Waals surface area contributed by atoms with Crippen LogP contribution in [0.4, 0.5) is 4.39 Å². The van der Waals surface area contributed by atoms with Crippen LogP contribution < -0.4 is 10.5 Å². The van der Waals surface area contributed by atoms with Crippen LogP contribution in [0.25, 0.3) is 0 Å². The highest BCUT2D eigenvalue weighted by Gasteiger charge is 2.15. The SMILES string of the molecule is Cc1cc(Oc2c(C)ccc(C)c2C)c([C@H](C)N)cc1F. The smallest absolute Gasteiger partial charge is 0.133 e. The fraction of sp³-hybridized carbons (Fsp3) is 0.333. The van der Waals surface area contributed by atoms with Gasteiger partial charge in [0.25, 0.3) is 0 Å². The van der Waals surface area contributed by atoms with Gasteiger partial charge in [0.05, 0.1) is 0 Å². The molecule has 0 unspecified atom stereocenters. The van der Waals surface area contributed by atoms with Gasteiger partial charge in [-0.1, -0.05) is 12.1 Å². The number of hydrogen-bond acceptors (Lipinski definition) is 2. The molecule has 0 saturated heterocycles. The molecule has 2 aromatic carbocycles. The second kappa shape index (κ2) is 5.86. The fourth-order valence-corrected chi connectivity index (χ4v) is 2.31. The van der Waals surface area contributed by atoms with Gasteiger partial charge in [0.2, 0.25) is 0 Å². The largest absolute Gasteiger partial charge is 0.456 e. The summed E-state index contributed by atoms with van der Waals surface area (Å²) in [6.07, 6.45) is 0. The Morgan fingerprint density at radius 2 is 1.62 bits per heavy atom. The number of aryl methyl sites for hydroxylation is 3. The van der Waals surface area contributed by atoms with Gasteiger partial charge in [-0.2, -0.15) is 0 Å². The van der Waals surface area contributed by atoms with E-state index in [0.29, 0.717) is 16.9 Å². The van der Waals surface area contributed by atoms with Crippen molar-refractivity contribution in [1.82, 2.24) is 0 Å². The molecule has 0 aliphatic carbocycles. The van der Waals surface area contributed by atoms with Gasteiger partial charge in [-0.15, -0.1) is 0 Å². The zero-order valence-electron chi connectivity index (χ0n) is 13.3. The Morgan fingerprint density at radius 3 is 2.24 bits per heavy atom. The third-order valence-corrected chi connectivity index (χ3v) is 3.87. The molecule has 0 heterocycles. The molecule has 0 aliphatic heterocycles. The topological polar surface area (TPSA) is 35.2 Å². The van der Waals surface area contributed by atoms with Gasteiger partial charge in [-0.3, -0.25) is 0 Å². The van der Waals surface area contributed by atoms with Crippen LogP contribution in [0.3, 0.4) is 0 Å². The molecule has 0 saturated carbocycles. The molecule has 2 nitrogen and oxygen atoms in total. The fourth-order valence-electron chi connectivity index (χ4n) is 2.31. The molecular formula is C18H22FNO. The van der Waals surface area contributed by atoms with E-state index < -0.39 is 0 Å². The summed E-state index contributed by atoms with van der Waals surface area (Å²) in [7, 11) is 0. The lowest BCUT2D eigenvalue weighted by molar-refractivity contribution is 0.461. The average molecular weight is 287 g/mol. The van der Waals surface area contributed by atoms with Crippen molar-refractivity contribution in [1.29, 1.82) is 0 Å². The summed E-state index contributed by atoms with van der Waals surface area (Å²) in [5.74, 6) is 1.19. The maximum Gasteiger partial charge on any atom is 0.133 e. The highest BCUT2D eigenvalue weighted by Crippen LogP contribution is 2.35. The third kappa shape index (κ3) is 3.08. The Balaban J connectivity index is 2.54. The molecule has 0 radical (unpaired) electrons. The van der Waals surface area contributed by atoms with E-state index in [1.807, 2.05) is 33.8 Å². The highest BCUT2D eigenvalue weighted by molar-refractivity contribution is 5.49. The van der Waals surface area contributed by atoms with Crippen molar-refractivity contribution < 1.29 is 9.13 Å². The second-order valence-electron chi connectivity index (χ2n) is 5.68. The monoisotopic (exact) mass is 287 g/mol. The first-order chi connectivity index (χ1) is 9.81. The maximum atomic E-state index is 13.8. The highest BCUT2D eigenvalue weighted by atomic mass is 19.1. The van der Waals surface area contributed by atoms with Gasteiger partial charge in [0.1, 0.15) is 17.3 Å². The number of ether oxygens (including phenoxy) is 1. The van der Waals surface area contributed by atoms with Crippen molar-refractivity contribution in [3.8, 4) is 11.5 Å². The number of halogens is 1. The molecule has 0 bridgehead atoms. The summed E-state index contributed by atoms with van der Waals surface area (Å²) in [4.78, 5) is 0. The van der Waals surface area contributed by atoms with Gasteiger partial charge in [0.15, 0.2) is 0 Å². The van der Waals surface area contributed by atoms with Crippen molar-refractivity contribution in [3.05, 3.63) is 57.9 Å². The van der Waals surface area contributed by atoms with Crippen LogP contribution in [0.1, 0.15) is 40.8 Å². The van der Waals surface area contributed by atoms with Gasteiger partial charge in [-0.05, 0) is 69.0 Å². The van der Waals surface area contributed by atoms with Crippen molar-refractivity contribution in [3.63, 3.8) is 0 Å². The van der Waals surface area contributed by atoms with Crippen LogP contribution in [0, 0.1) is 33.5 Å². The lowest BCUT2D eigenvalue weighted by Crippen LogP contribution is -2.08. The lowest BCUT2D eigenvalue weighted by atomic mass is 10.0. The Kier molecular flexibility index (Phi) is 4.33. The van der Waals surface area contributed by atoms with E-state index in [2.05, 4.69) is 6.07 Å². The summed E-state index contributed by atoms with van der Waals surface area (Å²) >= 11 is 0. The van der Waals surface area contributed by atoms with E-state index in [1.165, 1.54) is 6.07 Å². The summed E-state index contributed by atoms with van der Waals surface area (Å²) in [5, 5.41) is 0. The lowest BCUT2D eigenvalue weighted by Gasteiger charge is -2.18. The number of nitrogens with two attached hydrogens (primary N) is 1. The van der Waals surface area contributed by atoms with Crippen LogP contribution in [0.15, 0.2) is 24.3 Å². The minimum Gasteiger partial charge on any atom is -0.456 e. The molecule has 0 aromatic heterocycles. The maximum absolute atomic E-state index is 13.8. The number of benzene rings is 2. The van der Waals surface area contributed by atoms with Crippen LogP contribution in [0.2, 0.25) is 0 Å². The zero-order valence-corrected chi connectivity index (χ0v) is 13.3. The molecule has 0 spiro atoms. The van der Waals surface area contributed by atoms with E-state index in [4.69, 9.17) is 10.5 Å². The van der Waals surface area contributed by atoms with E-state index >= 15 is 0 Å². The standard InChI is InChI=1S/C18H22FNO/c1-10-6-7-11(2)18(13(10)4)21-17-8-12(3)16(19)9-15(17)14(5)20/h6-9,14H,20H2,1-5H3/t14-/m0/s1. The normalized spacial score (nSPS) is 12.3. The first kappa shape index (κ1) is 15.5. The molecule has 0 fully saturated rings. The molecule has 2 rings (SSSR count). The molecule has 112 valence electrons. The molecule has 1 atom stereocenters. The quantitative estimate of drug-likeness (QED) is 0.874. The Bertz CT molecular complexity index is 677. The molecule has 21 heavy (non-hydrogen) atoms. The molecule has 2 aromatic rings. The predicted molar refractivity (Wildman–Crippen MR) is 84.5 cm³/mol. The summed E-state index contributed by atoms with van der Waals surface area (Å²) in [6.45, 7) is 9.63. The van der Waals surface area contributed by atoms with Crippen LogP contribution in [-0.2, 0) is 0 Å². The van der Waals surface area contributed by atoms with Crippen molar-refractivity contribution in [2.24, 2.45) is 5.73 Å². The Morgan fingerprint density at radius 1 is 1.00 bits per heavy atom. The van der Waals surface area contributed by atoms with Gasteiger partial charge in [0, 0.05) is 11.6 Å². The van der Waals surface area contributed by atoms with E-state index in [1.54, 1.807) is 13.0 Å². The predicted octanol–water partition coefficient (Wildman–Crippen LogP) is 4.87. The molecule has 3 heteroatoms. The van der Waals surface area contributed by atoms with E-state index in [0.717, 1.165) is 22.4 Å². The van der Waals surface area contributed by atoms with Gasteiger partial charge >= 0.3 is 0 Å². The molecule has 0 aliphatic rings. The zero-order chi connectivity index (χ0) is 15.7. The minimum absolute atomic E-state index is 0.257. The van der Waals surface area contributed by atoms with E-state index in [-0.39, 0.29) is 11.9 Å². The van der Waals surface area contributed by atoms with Crippen LogP contribution in [0.5, 0.6) is 11.5 Å². The molecule has 2 N–H and O–H groups in total. The second-order valence-corrected chi connectivity index (χ2v) is 5.68. The first-order valence-corrected chi connectivity index (χ1v) is 7.11. The van der Waals surface area contributed by atoms with Crippen molar-refractivity contribution >= 4 is 0 Å². The number of hydrogen-bond donors (Lipinski definition) is 1. The van der Waals surface area contributed by atoms with Crippen molar-refractivity contribution in [2.75, 3.05) is 0 Å². The molecular weight excluding hydrogens is 265 g/mol. The van der Waals surface area contributed by atoms with Gasteiger partial charge in [-0.25, -0.2) is 4.39 Å². The van der Waals surface area contributed by atoms with Crippen LogP contribution >= 0.6 is 0 Å². The minimum atomic E-state index is -0.291. The van der Waals surface area contributed by atoms with Gasteiger partial charge < -0.3 is 10.5 Å². The summed E-state index contributed by atoms with van der Waals surface area (Å²) in [6, 6.07) is 6.99. The Labute approximate surface area is 125 Å². The first-order valence-electron chi connectivity index (χ1n) is 7.11. The average Bonchev–Trinajstić information content (AvgIpc) is 2.42. The number of rotatable bonds is 3. The summed E-state index contributed by atoms with van der Waals surface area (Å²) < 4.78 is 19.9. The summed E-state index contributed by atoms with van der Waals surface area (Å²) in [5.41, 5.74) is 10.5. The Hall–Kier alpha value is -1.87. The van der Waals surface area contributed by atoms with Crippen molar-refractivity contribution in [2.45, 2.75) is 40.7 Å². The van der Waals surface area contributed by atoms with E-state index in [9.17, 15) is 4.39 Å². The third-order valence-electron chi connectivity index (χ3n) is 3.87. The van der Waals surface area contributed by atoms with Crippen LogP contribution in [-0.4, -0.2) is 0 Å². The molecule has 0 amide bonds.